The minimum atomic E-state index is -3.55. The summed E-state index contributed by atoms with van der Waals surface area (Å²) in [4.78, 5) is 14.8. The van der Waals surface area contributed by atoms with Crippen molar-refractivity contribution in [3.63, 3.8) is 0 Å². The molecule has 132 valence electrons. The summed E-state index contributed by atoms with van der Waals surface area (Å²) in [6, 6.07) is 6.33. The molecule has 24 heavy (non-hydrogen) atoms. The summed E-state index contributed by atoms with van der Waals surface area (Å²) >= 11 is 0. The second kappa shape index (κ2) is 7.21. The maximum absolute atomic E-state index is 12.8. The number of carbonyl (C=O) groups excluding carboxylic acids is 1. The molecule has 7 heteroatoms. The van der Waals surface area contributed by atoms with E-state index < -0.39 is 10.0 Å². The predicted octanol–water partition coefficient (Wildman–Crippen LogP) is 1.06. The van der Waals surface area contributed by atoms with Crippen molar-refractivity contribution in [2.75, 3.05) is 32.7 Å². The third kappa shape index (κ3) is 3.63. The van der Waals surface area contributed by atoms with E-state index in [-0.39, 0.29) is 10.8 Å². The van der Waals surface area contributed by atoms with Gasteiger partial charge in [-0.3, -0.25) is 4.79 Å². The van der Waals surface area contributed by atoms with Gasteiger partial charge in [0.1, 0.15) is 0 Å². The van der Waals surface area contributed by atoms with Gasteiger partial charge in [-0.1, -0.05) is 13.0 Å². The predicted molar refractivity (Wildman–Crippen MR) is 92.3 cm³/mol. The van der Waals surface area contributed by atoms with Crippen LogP contribution in [0, 0.1) is 11.8 Å². The Morgan fingerprint density at radius 3 is 2.54 bits per heavy atom. The lowest BCUT2D eigenvalue weighted by Gasteiger charge is -2.21. The first kappa shape index (κ1) is 17.4. The molecule has 0 aromatic heterocycles. The summed E-state index contributed by atoms with van der Waals surface area (Å²) in [6.07, 6.45) is 2.03. The molecule has 0 bridgehead atoms. The number of sulfonamides is 1. The van der Waals surface area contributed by atoms with E-state index in [0.717, 1.165) is 39.0 Å². The normalized spacial score (nSPS) is 24.5. The minimum Gasteiger partial charge on any atom is -0.339 e. The minimum absolute atomic E-state index is 0.0727. The molecule has 2 N–H and O–H groups in total. The van der Waals surface area contributed by atoms with Crippen LogP contribution in [0.25, 0.3) is 0 Å². The number of nitrogens with zero attached hydrogens (tertiary/aromatic N) is 1. The van der Waals surface area contributed by atoms with Gasteiger partial charge in [0.2, 0.25) is 10.0 Å². The summed E-state index contributed by atoms with van der Waals surface area (Å²) in [5.74, 6) is 1.24. The Kier molecular flexibility index (Phi) is 5.22. The van der Waals surface area contributed by atoms with Crippen molar-refractivity contribution in [2.24, 2.45) is 11.8 Å². The number of rotatable bonds is 4. The quantitative estimate of drug-likeness (QED) is 0.850. The fourth-order valence-electron chi connectivity index (χ4n) is 3.67. The molecular formula is C17H25N3O3S. The SMILES string of the molecule is CCNS(=O)(=O)c1cccc(C(=O)N2CC[C@@H]3CNC[C@@H]3CC2)c1. The summed E-state index contributed by atoms with van der Waals surface area (Å²) in [6.45, 7) is 5.63. The molecule has 0 aliphatic carbocycles. The Hall–Kier alpha value is -1.44. The van der Waals surface area contributed by atoms with E-state index in [2.05, 4.69) is 10.0 Å². The van der Waals surface area contributed by atoms with Gasteiger partial charge < -0.3 is 10.2 Å². The van der Waals surface area contributed by atoms with E-state index in [1.165, 1.54) is 12.1 Å². The van der Waals surface area contributed by atoms with Crippen LogP contribution < -0.4 is 10.0 Å². The van der Waals surface area contributed by atoms with E-state index in [1.807, 2.05) is 4.90 Å². The Bertz CT molecular complexity index is 691. The number of amides is 1. The van der Waals surface area contributed by atoms with E-state index in [1.54, 1.807) is 19.1 Å². The molecule has 2 aliphatic heterocycles. The molecule has 6 nitrogen and oxygen atoms in total. The summed E-state index contributed by atoms with van der Waals surface area (Å²) in [7, 11) is -3.55. The van der Waals surface area contributed by atoms with Crippen LogP contribution in [0.3, 0.4) is 0 Å². The van der Waals surface area contributed by atoms with Crippen LogP contribution in [-0.4, -0.2) is 51.9 Å². The van der Waals surface area contributed by atoms with Gasteiger partial charge in [0, 0.05) is 25.2 Å². The van der Waals surface area contributed by atoms with Gasteiger partial charge in [-0.25, -0.2) is 13.1 Å². The van der Waals surface area contributed by atoms with Crippen molar-refractivity contribution in [2.45, 2.75) is 24.7 Å². The van der Waals surface area contributed by atoms with Gasteiger partial charge in [-0.2, -0.15) is 0 Å². The van der Waals surface area contributed by atoms with Crippen LogP contribution in [0.2, 0.25) is 0 Å². The van der Waals surface area contributed by atoms with Gasteiger partial charge in [0.05, 0.1) is 4.90 Å². The number of carbonyl (C=O) groups is 1. The molecule has 2 aliphatic rings. The number of fused-ring (bicyclic) bond motifs is 1. The third-order valence-corrected chi connectivity index (χ3v) is 6.58. The van der Waals surface area contributed by atoms with E-state index >= 15 is 0 Å². The molecule has 3 rings (SSSR count). The van der Waals surface area contributed by atoms with Crippen molar-refractivity contribution in [1.82, 2.24) is 14.9 Å². The first-order chi connectivity index (χ1) is 11.5. The van der Waals surface area contributed by atoms with Crippen LogP contribution in [-0.2, 0) is 10.0 Å². The molecule has 1 amide bonds. The highest BCUT2D eigenvalue weighted by atomic mass is 32.2. The molecule has 2 saturated heterocycles. The smallest absolute Gasteiger partial charge is 0.253 e. The topological polar surface area (TPSA) is 78.5 Å². The largest absolute Gasteiger partial charge is 0.339 e. The zero-order valence-electron chi connectivity index (χ0n) is 14.0. The van der Waals surface area contributed by atoms with Crippen LogP contribution in [0.4, 0.5) is 0 Å². The summed E-state index contributed by atoms with van der Waals surface area (Å²) < 4.78 is 26.7. The number of benzene rings is 1. The highest BCUT2D eigenvalue weighted by Crippen LogP contribution is 2.27. The van der Waals surface area contributed by atoms with E-state index in [4.69, 9.17) is 0 Å². The van der Waals surface area contributed by atoms with Gasteiger partial charge in [0.25, 0.3) is 5.91 Å². The number of hydrogen-bond acceptors (Lipinski definition) is 4. The van der Waals surface area contributed by atoms with Crippen molar-refractivity contribution < 1.29 is 13.2 Å². The number of nitrogens with one attached hydrogen (secondary N) is 2. The lowest BCUT2D eigenvalue weighted by molar-refractivity contribution is 0.0758. The highest BCUT2D eigenvalue weighted by molar-refractivity contribution is 7.89. The summed E-state index contributed by atoms with van der Waals surface area (Å²) in [5, 5.41) is 3.43. The van der Waals surface area contributed by atoms with Crippen molar-refractivity contribution in [1.29, 1.82) is 0 Å². The first-order valence-electron chi connectivity index (χ1n) is 8.61. The van der Waals surface area contributed by atoms with E-state index in [9.17, 15) is 13.2 Å². The van der Waals surface area contributed by atoms with Gasteiger partial charge in [-0.05, 0) is 56.0 Å². The lowest BCUT2D eigenvalue weighted by atomic mass is 9.92. The molecule has 0 radical (unpaired) electrons. The molecule has 2 fully saturated rings. The van der Waals surface area contributed by atoms with Crippen molar-refractivity contribution in [3.8, 4) is 0 Å². The molecule has 0 unspecified atom stereocenters. The van der Waals surface area contributed by atoms with Crippen LogP contribution in [0.15, 0.2) is 29.2 Å². The average molecular weight is 351 g/mol. The lowest BCUT2D eigenvalue weighted by Crippen LogP contribution is -2.33. The molecule has 1 aromatic rings. The zero-order chi connectivity index (χ0) is 17.2. The summed E-state index contributed by atoms with van der Waals surface area (Å²) in [5.41, 5.74) is 0.444. The Labute approximate surface area is 143 Å². The molecular weight excluding hydrogens is 326 g/mol. The second-order valence-electron chi connectivity index (χ2n) is 6.58. The van der Waals surface area contributed by atoms with Crippen LogP contribution in [0.1, 0.15) is 30.1 Å². The molecule has 2 atom stereocenters. The van der Waals surface area contributed by atoms with Gasteiger partial charge in [0.15, 0.2) is 0 Å². The Morgan fingerprint density at radius 1 is 1.25 bits per heavy atom. The maximum Gasteiger partial charge on any atom is 0.253 e. The molecule has 1 aromatic carbocycles. The maximum atomic E-state index is 12.8. The molecule has 2 heterocycles. The van der Waals surface area contributed by atoms with E-state index in [0.29, 0.717) is 23.9 Å². The zero-order valence-corrected chi connectivity index (χ0v) is 14.8. The Morgan fingerprint density at radius 2 is 1.92 bits per heavy atom. The fraction of sp³-hybridized carbons (Fsp3) is 0.588. The monoisotopic (exact) mass is 351 g/mol. The second-order valence-corrected chi connectivity index (χ2v) is 8.34. The van der Waals surface area contributed by atoms with Crippen molar-refractivity contribution >= 4 is 15.9 Å². The third-order valence-electron chi connectivity index (χ3n) is 5.03. The number of likely N-dealkylation sites (tertiary alicyclic amines) is 1. The van der Waals surface area contributed by atoms with Crippen LogP contribution >= 0.6 is 0 Å². The van der Waals surface area contributed by atoms with Crippen LogP contribution in [0.5, 0.6) is 0 Å². The first-order valence-corrected chi connectivity index (χ1v) is 10.1. The Balaban J connectivity index is 1.75. The van der Waals surface area contributed by atoms with Gasteiger partial charge in [-0.15, -0.1) is 0 Å². The fourth-order valence-corrected chi connectivity index (χ4v) is 4.76. The average Bonchev–Trinajstić information content (AvgIpc) is 2.93. The highest BCUT2D eigenvalue weighted by Gasteiger charge is 2.31. The molecule has 0 saturated carbocycles. The van der Waals surface area contributed by atoms with Gasteiger partial charge >= 0.3 is 0 Å². The molecule has 0 spiro atoms. The van der Waals surface area contributed by atoms with Crippen molar-refractivity contribution in [3.05, 3.63) is 29.8 Å². The number of hydrogen-bond donors (Lipinski definition) is 2. The standard InChI is InChI=1S/C17H25N3O3S/c1-2-19-24(22,23)16-5-3-4-13(10-16)17(21)20-8-6-14-11-18-12-15(14)7-9-20/h3-5,10,14-15,18-19H,2,6-9,11-12H2,1H3/t14-,15+.